The Morgan fingerprint density at radius 2 is 2.15 bits per heavy atom. The van der Waals surface area contributed by atoms with E-state index in [1.165, 1.54) is 13.8 Å². The normalized spacial score (nSPS) is 17.9. The Morgan fingerprint density at radius 3 is 2.80 bits per heavy atom. The molecule has 8 heteroatoms. The molecule has 2 heterocycles. The number of carbonyl (C=O) groups is 3. The van der Waals surface area contributed by atoms with E-state index in [0.29, 0.717) is 0 Å². The summed E-state index contributed by atoms with van der Waals surface area (Å²) >= 11 is 5.77. The lowest BCUT2D eigenvalue weighted by molar-refractivity contribution is -0.143. The molecular weight excluding hydrogens is 289 g/mol. The SMILES string of the molecule is CC1(C)C(=O)NC(=O)CN1C(=O)c1cc(F)cnc1Cl. The van der Waals surface area contributed by atoms with Crippen LogP contribution in [0, 0.1) is 5.82 Å². The van der Waals surface area contributed by atoms with E-state index in [9.17, 15) is 18.8 Å². The fourth-order valence-electron chi connectivity index (χ4n) is 1.83. The average Bonchev–Trinajstić information content (AvgIpc) is 2.36. The molecule has 0 radical (unpaired) electrons. The van der Waals surface area contributed by atoms with E-state index in [2.05, 4.69) is 10.3 Å². The third kappa shape index (κ3) is 2.36. The first-order chi connectivity index (χ1) is 9.23. The third-order valence-corrected chi connectivity index (χ3v) is 3.37. The molecule has 1 saturated heterocycles. The molecule has 1 aromatic heterocycles. The Morgan fingerprint density at radius 1 is 1.50 bits per heavy atom. The first kappa shape index (κ1) is 14.4. The van der Waals surface area contributed by atoms with Crippen molar-refractivity contribution in [3.63, 3.8) is 0 Å². The highest BCUT2D eigenvalue weighted by Crippen LogP contribution is 2.24. The number of hydrogen-bond acceptors (Lipinski definition) is 4. The summed E-state index contributed by atoms with van der Waals surface area (Å²) in [7, 11) is 0. The average molecular weight is 300 g/mol. The van der Waals surface area contributed by atoms with E-state index in [1.807, 2.05) is 0 Å². The third-order valence-electron chi connectivity index (χ3n) is 3.07. The predicted molar refractivity (Wildman–Crippen MR) is 67.5 cm³/mol. The molecule has 0 aliphatic carbocycles. The van der Waals surface area contributed by atoms with Crippen molar-refractivity contribution in [2.45, 2.75) is 19.4 Å². The maximum absolute atomic E-state index is 13.2. The first-order valence-electron chi connectivity index (χ1n) is 5.71. The fraction of sp³-hybridized carbons (Fsp3) is 0.333. The predicted octanol–water partition coefficient (Wildman–Crippen LogP) is 0.751. The van der Waals surface area contributed by atoms with Gasteiger partial charge >= 0.3 is 0 Å². The van der Waals surface area contributed by atoms with E-state index in [0.717, 1.165) is 17.2 Å². The smallest absolute Gasteiger partial charge is 0.258 e. The molecule has 1 aliphatic rings. The molecule has 2 rings (SSSR count). The minimum Gasteiger partial charge on any atom is -0.315 e. The highest BCUT2D eigenvalue weighted by molar-refractivity contribution is 6.32. The van der Waals surface area contributed by atoms with Gasteiger partial charge in [0.15, 0.2) is 0 Å². The van der Waals surface area contributed by atoms with Crippen LogP contribution in [0.25, 0.3) is 0 Å². The van der Waals surface area contributed by atoms with Crippen molar-refractivity contribution < 1.29 is 18.8 Å². The summed E-state index contributed by atoms with van der Waals surface area (Å²) in [5.74, 6) is -2.68. The Hall–Kier alpha value is -2.02. The van der Waals surface area contributed by atoms with Gasteiger partial charge in [-0.25, -0.2) is 9.37 Å². The van der Waals surface area contributed by atoms with Gasteiger partial charge in [0.1, 0.15) is 23.1 Å². The Balaban J connectivity index is 2.43. The second kappa shape index (κ2) is 4.82. The lowest BCUT2D eigenvalue weighted by atomic mass is 9.97. The minimum atomic E-state index is -1.25. The van der Waals surface area contributed by atoms with Crippen LogP contribution >= 0.6 is 11.6 Å². The highest BCUT2D eigenvalue weighted by Gasteiger charge is 2.44. The van der Waals surface area contributed by atoms with Crippen molar-refractivity contribution >= 4 is 29.3 Å². The van der Waals surface area contributed by atoms with Gasteiger partial charge in [0, 0.05) is 0 Å². The lowest BCUT2D eigenvalue weighted by Crippen LogP contribution is -2.65. The summed E-state index contributed by atoms with van der Waals surface area (Å²) in [5.41, 5.74) is -1.44. The molecule has 1 aliphatic heterocycles. The number of nitrogens with one attached hydrogen (secondary N) is 1. The second-order valence-electron chi connectivity index (χ2n) is 4.82. The van der Waals surface area contributed by atoms with E-state index in [4.69, 9.17) is 11.6 Å². The van der Waals surface area contributed by atoms with Crippen LogP contribution in [-0.4, -0.2) is 39.7 Å². The van der Waals surface area contributed by atoms with Gasteiger partial charge in [0.05, 0.1) is 11.8 Å². The zero-order valence-corrected chi connectivity index (χ0v) is 11.5. The van der Waals surface area contributed by atoms with Crippen LogP contribution < -0.4 is 5.32 Å². The largest absolute Gasteiger partial charge is 0.315 e. The van der Waals surface area contributed by atoms with Gasteiger partial charge in [0.2, 0.25) is 5.91 Å². The number of nitrogens with zero attached hydrogens (tertiary/aromatic N) is 2. The van der Waals surface area contributed by atoms with Crippen LogP contribution in [-0.2, 0) is 9.59 Å². The molecule has 3 amide bonds. The lowest BCUT2D eigenvalue weighted by Gasteiger charge is -2.40. The molecule has 0 aromatic carbocycles. The molecule has 0 unspecified atom stereocenters. The number of aromatic nitrogens is 1. The molecule has 1 N–H and O–H groups in total. The van der Waals surface area contributed by atoms with Gasteiger partial charge in [-0.2, -0.15) is 0 Å². The molecule has 1 fully saturated rings. The summed E-state index contributed by atoms with van der Waals surface area (Å²) < 4.78 is 13.2. The fourth-order valence-corrected chi connectivity index (χ4v) is 2.01. The van der Waals surface area contributed by atoms with Crippen LogP contribution in [0.5, 0.6) is 0 Å². The number of halogens is 2. The van der Waals surface area contributed by atoms with E-state index in [-0.39, 0.29) is 17.3 Å². The Labute approximate surface area is 118 Å². The van der Waals surface area contributed by atoms with E-state index < -0.39 is 29.1 Å². The number of pyridine rings is 1. The topological polar surface area (TPSA) is 79.4 Å². The van der Waals surface area contributed by atoms with Gasteiger partial charge in [-0.05, 0) is 19.9 Å². The standard InChI is InChI=1S/C12H11ClFN3O3/c1-12(2)11(20)16-8(18)5-17(12)10(19)7-3-6(14)4-15-9(7)13/h3-4H,5H2,1-2H3,(H,16,18,20). The van der Waals surface area contributed by atoms with Crippen molar-refractivity contribution in [3.8, 4) is 0 Å². The maximum atomic E-state index is 13.2. The summed E-state index contributed by atoms with van der Waals surface area (Å²) in [5, 5.41) is 1.95. The molecule has 1 aromatic rings. The number of hydrogen-bond donors (Lipinski definition) is 1. The van der Waals surface area contributed by atoms with Gasteiger partial charge in [-0.1, -0.05) is 11.6 Å². The zero-order valence-electron chi connectivity index (χ0n) is 10.7. The van der Waals surface area contributed by atoms with E-state index >= 15 is 0 Å². The molecule has 6 nitrogen and oxygen atoms in total. The van der Waals surface area contributed by atoms with Crippen LogP contribution in [0.2, 0.25) is 5.15 Å². The van der Waals surface area contributed by atoms with Crippen molar-refractivity contribution in [3.05, 3.63) is 28.8 Å². The Bertz CT molecular complexity index is 618. The molecule has 106 valence electrons. The van der Waals surface area contributed by atoms with Crippen molar-refractivity contribution in [2.24, 2.45) is 0 Å². The monoisotopic (exact) mass is 299 g/mol. The Kier molecular flexibility index (Phi) is 3.47. The zero-order chi connectivity index (χ0) is 15.1. The van der Waals surface area contributed by atoms with Gasteiger partial charge < -0.3 is 4.90 Å². The number of piperazine rings is 1. The quantitative estimate of drug-likeness (QED) is 0.613. The molecule has 0 saturated carbocycles. The number of carbonyl (C=O) groups excluding carboxylic acids is 3. The maximum Gasteiger partial charge on any atom is 0.258 e. The molecule has 0 spiro atoms. The van der Waals surface area contributed by atoms with Gasteiger partial charge in [-0.15, -0.1) is 0 Å². The van der Waals surface area contributed by atoms with Crippen molar-refractivity contribution in [1.29, 1.82) is 0 Å². The van der Waals surface area contributed by atoms with E-state index in [1.54, 1.807) is 0 Å². The summed E-state index contributed by atoms with van der Waals surface area (Å²) in [6.07, 6.45) is 0.873. The summed E-state index contributed by atoms with van der Waals surface area (Å²) in [6, 6.07) is 0.921. The van der Waals surface area contributed by atoms with Crippen molar-refractivity contribution in [1.82, 2.24) is 15.2 Å². The summed E-state index contributed by atoms with van der Waals surface area (Å²) in [6.45, 7) is 2.64. The molecule has 0 atom stereocenters. The first-order valence-corrected chi connectivity index (χ1v) is 6.08. The van der Waals surface area contributed by atoms with Gasteiger partial charge in [0.25, 0.3) is 11.8 Å². The number of imide groups is 1. The molecule has 0 bridgehead atoms. The second-order valence-corrected chi connectivity index (χ2v) is 5.18. The van der Waals surface area contributed by atoms with Crippen LogP contribution in [0.4, 0.5) is 4.39 Å². The number of amides is 3. The minimum absolute atomic E-state index is 0.189. The summed E-state index contributed by atoms with van der Waals surface area (Å²) in [4.78, 5) is 40.1. The van der Waals surface area contributed by atoms with Gasteiger partial charge in [-0.3, -0.25) is 19.7 Å². The number of rotatable bonds is 1. The van der Waals surface area contributed by atoms with Crippen molar-refractivity contribution in [2.75, 3.05) is 6.54 Å². The van der Waals surface area contributed by atoms with Crippen LogP contribution in [0.1, 0.15) is 24.2 Å². The molecule has 20 heavy (non-hydrogen) atoms. The molecular formula is C12H11ClFN3O3. The van der Waals surface area contributed by atoms with Crippen LogP contribution in [0.15, 0.2) is 12.3 Å². The van der Waals surface area contributed by atoms with Crippen LogP contribution in [0.3, 0.4) is 0 Å². The highest BCUT2D eigenvalue weighted by atomic mass is 35.5.